The van der Waals surface area contributed by atoms with Crippen molar-refractivity contribution >= 4 is 51.2 Å². The molecule has 0 aliphatic carbocycles. The highest BCUT2D eigenvalue weighted by atomic mass is 35.5. The molecule has 1 aliphatic heterocycles. The molecule has 3 heteroatoms. The van der Waals surface area contributed by atoms with Gasteiger partial charge in [-0.2, -0.15) is 0 Å². The van der Waals surface area contributed by atoms with Crippen LogP contribution in [-0.4, -0.2) is 4.57 Å². The van der Waals surface area contributed by atoms with Crippen molar-refractivity contribution in [2.24, 2.45) is 0 Å². The topological polar surface area (TPSA) is 4.93 Å². The van der Waals surface area contributed by atoms with Crippen molar-refractivity contribution in [2.45, 2.75) is 13.3 Å². The molecule has 2 heterocycles. The van der Waals surface area contributed by atoms with Crippen molar-refractivity contribution < 1.29 is 0 Å². The van der Waals surface area contributed by atoms with Crippen LogP contribution in [0.3, 0.4) is 0 Å². The molecule has 0 bridgehead atoms. The third-order valence-electron chi connectivity index (χ3n) is 3.72. The first-order valence-electron chi connectivity index (χ1n) is 6.22. The van der Waals surface area contributed by atoms with Crippen LogP contribution in [0.25, 0.3) is 28.0 Å². The summed E-state index contributed by atoms with van der Waals surface area (Å²) in [5.41, 5.74) is 5.06. The molecule has 94 valence electrons. The molecule has 0 N–H and O–H groups in total. The molecule has 0 radical (unpaired) electrons. The van der Waals surface area contributed by atoms with Gasteiger partial charge in [-0.25, -0.2) is 0 Å². The monoisotopic (exact) mass is 287 g/mol. The maximum Gasteiger partial charge on any atom is 0.0571 e. The average molecular weight is 288 g/mol. The van der Waals surface area contributed by atoms with E-state index in [1.807, 2.05) is 18.2 Å². The zero-order valence-corrected chi connectivity index (χ0v) is 11.9. The minimum Gasteiger partial charge on any atom is -0.316 e. The Hall–Kier alpha value is -1.44. The van der Waals surface area contributed by atoms with Crippen molar-refractivity contribution in [3.8, 4) is 0 Å². The van der Waals surface area contributed by atoms with Gasteiger partial charge in [-0.15, -0.1) is 0 Å². The lowest BCUT2D eigenvalue weighted by atomic mass is 10.0. The van der Waals surface area contributed by atoms with Gasteiger partial charge in [0.1, 0.15) is 0 Å². The molecule has 0 spiro atoms. The molecule has 1 aliphatic rings. The smallest absolute Gasteiger partial charge is 0.0571 e. The summed E-state index contributed by atoms with van der Waals surface area (Å²) in [5.74, 6) is 0. The van der Waals surface area contributed by atoms with Crippen LogP contribution in [0.15, 0.2) is 35.9 Å². The van der Waals surface area contributed by atoms with Crippen LogP contribution in [0.1, 0.15) is 12.5 Å². The Kier molecular flexibility index (Phi) is 2.27. The van der Waals surface area contributed by atoms with E-state index in [0.29, 0.717) is 0 Å². The van der Waals surface area contributed by atoms with Gasteiger partial charge in [-0.05, 0) is 49.2 Å². The Bertz CT molecular complexity index is 871. The summed E-state index contributed by atoms with van der Waals surface area (Å²) in [6.07, 6.45) is 3.17. The van der Waals surface area contributed by atoms with Crippen LogP contribution in [0.4, 0.5) is 0 Å². The number of nitrogens with zero attached hydrogens (tertiary/aromatic N) is 1. The number of rotatable bonds is 0. The Morgan fingerprint density at radius 3 is 2.63 bits per heavy atom. The summed E-state index contributed by atoms with van der Waals surface area (Å²) >= 11 is 12.4. The van der Waals surface area contributed by atoms with Gasteiger partial charge in [0, 0.05) is 27.0 Å². The molecule has 4 rings (SSSR count). The standard InChI is InChI=1S/C16H11Cl2N/c1-9-4-10-5-12(18)7-14-13-6-11(17)2-3-15(13)19(8-9)16(10)14/h2-3,5-8H,4H2,1H3. The van der Waals surface area contributed by atoms with Gasteiger partial charge in [-0.1, -0.05) is 28.8 Å². The molecular formula is C16H11Cl2N. The largest absolute Gasteiger partial charge is 0.316 e. The third kappa shape index (κ3) is 1.55. The molecule has 0 atom stereocenters. The second-order valence-corrected chi connectivity index (χ2v) is 6.02. The zero-order valence-electron chi connectivity index (χ0n) is 10.4. The van der Waals surface area contributed by atoms with E-state index >= 15 is 0 Å². The SMILES string of the molecule is CC1=Cn2c3ccc(Cl)cc3c3cc(Cl)cc(c32)C1. The zero-order chi connectivity index (χ0) is 13.1. The van der Waals surface area contributed by atoms with Crippen molar-refractivity contribution in [3.63, 3.8) is 0 Å². The summed E-state index contributed by atoms with van der Waals surface area (Å²) in [6.45, 7) is 2.15. The molecule has 1 nitrogen and oxygen atoms in total. The van der Waals surface area contributed by atoms with Gasteiger partial charge in [-0.3, -0.25) is 0 Å². The number of fused-ring (bicyclic) bond motifs is 3. The van der Waals surface area contributed by atoms with Crippen LogP contribution < -0.4 is 0 Å². The average Bonchev–Trinajstić information content (AvgIpc) is 2.64. The first-order valence-corrected chi connectivity index (χ1v) is 6.98. The number of hydrogen-bond acceptors (Lipinski definition) is 0. The van der Waals surface area contributed by atoms with Crippen LogP contribution in [0, 0.1) is 0 Å². The van der Waals surface area contributed by atoms with Gasteiger partial charge < -0.3 is 4.57 Å². The molecule has 3 aromatic rings. The number of halogens is 2. The summed E-state index contributed by atoms with van der Waals surface area (Å²) in [5, 5.41) is 3.89. The summed E-state index contributed by atoms with van der Waals surface area (Å²) in [6, 6.07) is 10.1. The molecular weight excluding hydrogens is 277 g/mol. The predicted octanol–water partition coefficient (Wildman–Crippen LogP) is 5.52. The molecule has 19 heavy (non-hydrogen) atoms. The van der Waals surface area contributed by atoms with Crippen LogP contribution in [0.5, 0.6) is 0 Å². The summed E-state index contributed by atoms with van der Waals surface area (Å²) in [7, 11) is 0. The van der Waals surface area contributed by atoms with Gasteiger partial charge in [0.05, 0.1) is 11.0 Å². The summed E-state index contributed by atoms with van der Waals surface area (Å²) in [4.78, 5) is 0. The minimum absolute atomic E-state index is 0.757. The van der Waals surface area contributed by atoms with Crippen LogP contribution in [0.2, 0.25) is 10.0 Å². The van der Waals surface area contributed by atoms with Crippen LogP contribution in [-0.2, 0) is 6.42 Å². The molecule has 0 saturated carbocycles. The number of allylic oxidation sites excluding steroid dienone is 1. The molecule has 0 fully saturated rings. The van der Waals surface area contributed by atoms with Crippen LogP contribution >= 0.6 is 23.2 Å². The van der Waals surface area contributed by atoms with E-state index in [2.05, 4.69) is 29.8 Å². The Balaban J connectivity index is 2.32. The van der Waals surface area contributed by atoms with E-state index in [4.69, 9.17) is 23.2 Å². The van der Waals surface area contributed by atoms with Crippen molar-refractivity contribution in [3.05, 3.63) is 51.5 Å². The first kappa shape index (κ1) is 11.4. The van der Waals surface area contributed by atoms with E-state index in [1.54, 1.807) is 0 Å². The number of benzene rings is 2. The van der Waals surface area contributed by atoms with E-state index in [9.17, 15) is 0 Å². The Morgan fingerprint density at radius 2 is 1.79 bits per heavy atom. The van der Waals surface area contributed by atoms with Crippen molar-refractivity contribution in [1.29, 1.82) is 0 Å². The highest BCUT2D eigenvalue weighted by molar-refractivity contribution is 6.33. The quantitative estimate of drug-likeness (QED) is 0.513. The van der Waals surface area contributed by atoms with E-state index in [1.165, 1.54) is 27.6 Å². The van der Waals surface area contributed by atoms with E-state index in [-0.39, 0.29) is 0 Å². The predicted molar refractivity (Wildman–Crippen MR) is 83.1 cm³/mol. The fraction of sp³-hybridized carbons (Fsp3) is 0.125. The Morgan fingerprint density at radius 1 is 1.00 bits per heavy atom. The minimum atomic E-state index is 0.757. The normalized spacial score (nSPS) is 14.2. The molecule has 0 saturated heterocycles. The van der Waals surface area contributed by atoms with Gasteiger partial charge in [0.2, 0.25) is 0 Å². The maximum absolute atomic E-state index is 6.26. The lowest BCUT2D eigenvalue weighted by Crippen LogP contribution is -2.00. The third-order valence-corrected chi connectivity index (χ3v) is 4.17. The Labute approximate surface area is 121 Å². The second-order valence-electron chi connectivity index (χ2n) is 5.14. The van der Waals surface area contributed by atoms with Gasteiger partial charge in [0.25, 0.3) is 0 Å². The van der Waals surface area contributed by atoms with Gasteiger partial charge >= 0.3 is 0 Å². The fourth-order valence-electron chi connectivity index (χ4n) is 3.04. The second kappa shape index (κ2) is 3.78. The first-order chi connectivity index (χ1) is 9.13. The maximum atomic E-state index is 6.26. The molecule has 1 aromatic heterocycles. The highest BCUT2D eigenvalue weighted by Crippen LogP contribution is 2.38. The van der Waals surface area contributed by atoms with E-state index in [0.717, 1.165) is 21.9 Å². The van der Waals surface area contributed by atoms with Crippen molar-refractivity contribution in [1.82, 2.24) is 4.57 Å². The molecule has 0 unspecified atom stereocenters. The van der Waals surface area contributed by atoms with Gasteiger partial charge in [0.15, 0.2) is 0 Å². The van der Waals surface area contributed by atoms with E-state index < -0.39 is 0 Å². The lowest BCUT2D eigenvalue weighted by molar-refractivity contribution is 1.08. The number of aromatic nitrogens is 1. The lowest BCUT2D eigenvalue weighted by Gasteiger charge is -2.14. The fourth-order valence-corrected chi connectivity index (χ4v) is 3.45. The molecule has 2 aromatic carbocycles. The number of hydrogen-bond donors (Lipinski definition) is 0. The molecule has 0 amide bonds. The van der Waals surface area contributed by atoms with Crippen molar-refractivity contribution in [2.75, 3.05) is 0 Å². The summed E-state index contributed by atoms with van der Waals surface area (Å²) < 4.78 is 2.26. The highest BCUT2D eigenvalue weighted by Gasteiger charge is 2.17.